The van der Waals surface area contributed by atoms with Crippen molar-refractivity contribution in [3.8, 4) is 0 Å². The van der Waals surface area contributed by atoms with Crippen molar-refractivity contribution in [1.82, 2.24) is 14.6 Å². The molecule has 7 nitrogen and oxygen atoms in total. The molecule has 1 aliphatic heterocycles. The van der Waals surface area contributed by atoms with E-state index in [2.05, 4.69) is 9.71 Å². The fourth-order valence-corrected chi connectivity index (χ4v) is 5.48. The van der Waals surface area contributed by atoms with Crippen LogP contribution in [0.5, 0.6) is 0 Å². The number of sulfonamides is 1. The van der Waals surface area contributed by atoms with Gasteiger partial charge in [-0.25, -0.2) is 18.1 Å². The average molecular weight is 420 g/mol. The molecule has 1 fully saturated rings. The van der Waals surface area contributed by atoms with Crippen molar-refractivity contribution in [2.24, 2.45) is 0 Å². The van der Waals surface area contributed by atoms with E-state index >= 15 is 0 Å². The normalized spacial score (nSPS) is 17.9. The molecule has 4 rings (SSSR count). The summed E-state index contributed by atoms with van der Waals surface area (Å²) in [6, 6.07) is 10.9. The van der Waals surface area contributed by atoms with E-state index in [1.165, 1.54) is 0 Å². The fourth-order valence-electron chi connectivity index (χ4n) is 3.41. The Morgan fingerprint density at radius 3 is 2.93 bits per heavy atom. The number of nitrogens with zero attached hydrogens (tertiary/aromatic N) is 2. The van der Waals surface area contributed by atoms with Gasteiger partial charge in [0.15, 0.2) is 11.5 Å². The highest BCUT2D eigenvalue weighted by atomic mass is 32.2. The molecule has 1 N–H and O–H groups in total. The topological polar surface area (TPSA) is 92.5 Å². The van der Waals surface area contributed by atoms with Gasteiger partial charge in [-0.1, -0.05) is 18.2 Å². The first kappa shape index (κ1) is 19.1. The van der Waals surface area contributed by atoms with Crippen LogP contribution < -0.4 is 4.72 Å². The minimum absolute atomic E-state index is 0.0605. The first-order chi connectivity index (χ1) is 13.5. The predicted molar refractivity (Wildman–Crippen MR) is 107 cm³/mol. The van der Waals surface area contributed by atoms with Gasteiger partial charge in [0.1, 0.15) is 9.73 Å². The van der Waals surface area contributed by atoms with Gasteiger partial charge in [-0.2, -0.15) is 0 Å². The van der Waals surface area contributed by atoms with Crippen molar-refractivity contribution in [1.29, 1.82) is 0 Å². The molecule has 3 heterocycles. The summed E-state index contributed by atoms with van der Waals surface area (Å²) in [6.07, 6.45) is 1.92. The van der Waals surface area contributed by atoms with Gasteiger partial charge in [0, 0.05) is 26.1 Å². The molecule has 9 heteroatoms. The number of oxazole rings is 1. The van der Waals surface area contributed by atoms with E-state index in [1.54, 1.807) is 22.4 Å². The fraction of sp³-hybridized carbons (Fsp3) is 0.368. The van der Waals surface area contributed by atoms with E-state index in [9.17, 15) is 13.2 Å². The Kier molecular flexibility index (Phi) is 5.47. The number of amides is 1. The summed E-state index contributed by atoms with van der Waals surface area (Å²) in [7, 11) is -3.54. The maximum absolute atomic E-state index is 12.6. The third-order valence-corrected chi connectivity index (χ3v) is 7.68. The van der Waals surface area contributed by atoms with E-state index in [-0.39, 0.29) is 29.0 Å². The number of likely N-dealkylation sites (tertiary alicyclic amines) is 1. The minimum Gasteiger partial charge on any atom is -0.440 e. The number of carbonyl (C=O) groups is 1. The van der Waals surface area contributed by atoms with Crippen LogP contribution in [-0.2, 0) is 14.8 Å². The highest BCUT2D eigenvalue weighted by molar-refractivity contribution is 7.91. The van der Waals surface area contributed by atoms with Gasteiger partial charge in [-0.05, 0) is 36.4 Å². The zero-order valence-electron chi connectivity index (χ0n) is 15.2. The summed E-state index contributed by atoms with van der Waals surface area (Å²) in [4.78, 5) is 18.9. The standard InChI is InChI=1S/C19H21N3O4S2/c23-17(9-10-20-28(24,25)18-8-4-12-27-18)22-11-3-5-14(13-22)19-21-15-6-1-2-7-16(15)26-19/h1-2,4,6-8,12,14,20H,3,5,9-11,13H2/t14-/m1/s1. The number of nitrogens with one attached hydrogen (secondary N) is 1. The Labute approximate surface area is 167 Å². The van der Waals surface area contributed by atoms with Gasteiger partial charge in [-0.3, -0.25) is 4.79 Å². The first-order valence-corrected chi connectivity index (χ1v) is 11.6. The summed E-state index contributed by atoms with van der Waals surface area (Å²) >= 11 is 1.15. The van der Waals surface area contributed by atoms with Crippen LogP contribution in [0.15, 0.2) is 50.4 Å². The Hall–Kier alpha value is -2.23. The number of carbonyl (C=O) groups excluding carboxylic acids is 1. The molecule has 1 saturated heterocycles. The molecule has 1 atom stereocenters. The molecule has 1 aromatic carbocycles. The lowest BCUT2D eigenvalue weighted by molar-refractivity contribution is -0.132. The molecule has 3 aromatic rings. The van der Waals surface area contributed by atoms with Crippen molar-refractivity contribution in [3.05, 3.63) is 47.7 Å². The second-order valence-corrected chi connectivity index (χ2v) is 9.72. The number of piperidine rings is 1. The minimum atomic E-state index is -3.54. The molecule has 28 heavy (non-hydrogen) atoms. The number of hydrogen-bond donors (Lipinski definition) is 1. The lowest BCUT2D eigenvalue weighted by Gasteiger charge is -2.31. The third kappa shape index (κ3) is 4.11. The first-order valence-electron chi connectivity index (χ1n) is 9.19. The van der Waals surface area contributed by atoms with Crippen molar-refractivity contribution < 1.29 is 17.6 Å². The van der Waals surface area contributed by atoms with Crippen LogP contribution in [0.25, 0.3) is 11.1 Å². The van der Waals surface area contributed by atoms with Crippen LogP contribution in [0.2, 0.25) is 0 Å². The van der Waals surface area contributed by atoms with Crippen molar-refractivity contribution in [2.45, 2.75) is 29.4 Å². The molecule has 0 bridgehead atoms. The molecule has 0 spiro atoms. The van der Waals surface area contributed by atoms with Crippen LogP contribution in [0.1, 0.15) is 31.1 Å². The zero-order chi connectivity index (χ0) is 19.6. The van der Waals surface area contributed by atoms with Crippen LogP contribution in [0, 0.1) is 0 Å². The molecule has 2 aromatic heterocycles. The van der Waals surface area contributed by atoms with E-state index < -0.39 is 10.0 Å². The predicted octanol–water partition coefficient (Wildman–Crippen LogP) is 2.96. The molecule has 0 unspecified atom stereocenters. The number of rotatable bonds is 6. The highest BCUT2D eigenvalue weighted by Crippen LogP contribution is 2.29. The number of benzene rings is 1. The highest BCUT2D eigenvalue weighted by Gasteiger charge is 2.28. The number of hydrogen-bond acceptors (Lipinski definition) is 6. The molecule has 0 radical (unpaired) electrons. The lowest BCUT2D eigenvalue weighted by Crippen LogP contribution is -2.40. The van der Waals surface area contributed by atoms with Crippen LogP contribution in [0.3, 0.4) is 0 Å². The molecule has 1 amide bonds. The number of para-hydroxylation sites is 2. The molecular weight excluding hydrogens is 398 g/mol. The molecule has 148 valence electrons. The quantitative estimate of drug-likeness (QED) is 0.663. The second-order valence-electron chi connectivity index (χ2n) is 6.78. The Morgan fingerprint density at radius 2 is 2.14 bits per heavy atom. The Morgan fingerprint density at radius 1 is 1.29 bits per heavy atom. The SMILES string of the molecule is O=C(CCNS(=O)(=O)c1cccs1)N1CCC[C@@H](c2nc3ccccc3o2)C1. The van der Waals surface area contributed by atoms with Crippen molar-refractivity contribution in [3.63, 3.8) is 0 Å². The van der Waals surface area contributed by atoms with Gasteiger partial charge in [0.05, 0.1) is 5.92 Å². The smallest absolute Gasteiger partial charge is 0.250 e. The van der Waals surface area contributed by atoms with Gasteiger partial charge in [0.2, 0.25) is 15.9 Å². The zero-order valence-corrected chi connectivity index (χ0v) is 16.8. The number of aromatic nitrogens is 1. The molecule has 1 aliphatic rings. The molecule has 0 aliphatic carbocycles. The summed E-state index contributed by atoms with van der Waals surface area (Å²) < 4.78 is 32.9. The van der Waals surface area contributed by atoms with E-state index in [0.717, 1.165) is 35.3 Å². The largest absolute Gasteiger partial charge is 0.440 e. The summed E-state index contributed by atoms with van der Waals surface area (Å²) in [5, 5.41) is 1.71. The lowest BCUT2D eigenvalue weighted by atomic mass is 9.97. The summed E-state index contributed by atoms with van der Waals surface area (Å²) in [6.45, 7) is 1.31. The summed E-state index contributed by atoms with van der Waals surface area (Å²) in [5.41, 5.74) is 1.58. The van der Waals surface area contributed by atoms with Gasteiger partial charge < -0.3 is 9.32 Å². The van der Waals surface area contributed by atoms with Crippen LogP contribution in [-0.4, -0.2) is 43.8 Å². The Bertz CT molecular complexity index is 1030. The van der Waals surface area contributed by atoms with Crippen LogP contribution >= 0.6 is 11.3 Å². The average Bonchev–Trinajstić information content (AvgIpc) is 3.38. The second kappa shape index (κ2) is 8.02. The van der Waals surface area contributed by atoms with Crippen molar-refractivity contribution >= 4 is 38.4 Å². The van der Waals surface area contributed by atoms with Crippen molar-refractivity contribution in [2.75, 3.05) is 19.6 Å². The third-order valence-electron chi connectivity index (χ3n) is 4.82. The van der Waals surface area contributed by atoms with Gasteiger partial charge in [-0.15, -0.1) is 11.3 Å². The molecular formula is C19H21N3O4S2. The van der Waals surface area contributed by atoms with E-state index in [1.807, 2.05) is 24.3 Å². The molecule has 0 saturated carbocycles. The van der Waals surface area contributed by atoms with E-state index in [0.29, 0.717) is 19.0 Å². The Balaban J connectivity index is 1.34. The monoisotopic (exact) mass is 419 g/mol. The summed E-state index contributed by atoms with van der Waals surface area (Å²) in [5.74, 6) is 0.666. The van der Waals surface area contributed by atoms with Crippen LogP contribution in [0.4, 0.5) is 0 Å². The van der Waals surface area contributed by atoms with Gasteiger partial charge >= 0.3 is 0 Å². The maximum Gasteiger partial charge on any atom is 0.250 e. The maximum atomic E-state index is 12.6. The number of thiophene rings is 1. The van der Waals surface area contributed by atoms with Gasteiger partial charge in [0.25, 0.3) is 0 Å². The van der Waals surface area contributed by atoms with E-state index in [4.69, 9.17) is 4.42 Å². The number of fused-ring (bicyclic) bond motifs is 1.